The lowest BCUT2D eigenvalue weighted by Gasteiger charge is -2.15. The van der Waals surface area contributed by atoms with Crippen molar-refractivity contribution in [3.05, 3.63) is 35.4 Å². The number of carbonyl (C=O) groups is 1. The van der Waals surface area contributed by atoms with Crippen molar-refractivity contribution < 1.29 is 4.79 Å². The zero-order valence-electron chi connectivity index (χ0n) is 10.7. The summed E-state index contributed by atoms with van der Waals surface area (Å²) in [5, 5.41) is 0. The van der Waals surface area contributed by atoms with Crippen molar-refractivity contribution in [3.63, 3.8) is 0 Å². The second kappa shape index (κ2) is 4.39. The molecule has 1 aromatic carbocycles. The van der Waals surface area contributed by atoms with Crippen LogP contribution in [0.15, 0.2) is 24.3 Å². The fourth-order valence-corrected chi connectivity index (χ4v) is 2.61. The van der Waals surface area contributed by atoms with Gasteiger partial charge in [-0.2, -0.15) is 0 Å². The molecule has 1 aliphatic carbocycles. The second-order valence-electron chi connectivity index (χ2n) is 5.74. The summed E-state index contributed by atoms with van der Waals surface area (Å²) in [6.45, 7) is 1.82. The molecule has 18 heavy (non-hydrogen) atoms. The summed E-state index contributed by atoms with van der Waals surface area (Å²) in [7, 11) is 0. The maximum Gasteiger partial charge on any atom is 0.253 e. The van der Waals surface area contributed by atoms with Crippen molar-refractivity contribution in [3.8, 4) is 0 Å². The molecule has 0 spiro atoms. The Morgan fingerprint density at radius 2 is 1.78 bits per heavy atom. The van der Waals surface area contributed by atoms with Gasteiger partial charge in [-0.25, -0.2) is 0 Å². The Balaban J connectivity index is 1.68. The van der Waals surface area contributed by atoms with Crippen molar-refractivity contribution in [2.75, 3.05) is 13.1 Å². The lowest BCUT2D eigenvalue weighted by Crippen LogP contribution is -2.27. The number of nitrogens with two attached hydrogens (primary N) is 1. The van der Waals surface area contributed by atoms with Crippen LogP contribution in [-0.4, -0.2) is 29.4 Å². The summed E-state index contributed by atoms with van der Waals surface area (Å²) < 4.78 is 0. The van der Waals surface area contributed by atoms with E-state index >= 15 is 0 Å². The first-order chi connectivity index (χ1) is 8.66. The summed E-state index contributed by atoms with van der Waals surface area (Å²) in [6.07, 6.45) is 5.47. The second-order valence-corrected chi connectivity index (χ2v) is 5.74. The fourth-order valence-electron chi connectivity index (χ4n) is 2.61. The minimum Gasteiger partial charge on any atom is -0.339 e. The van der Waals surface area contributed by atoms with Crippen LogP contribution in [0.5, 0.6) is 0 Å². The monoisotopic (exact) mass is 244 g/mol. The lowest BCUT2D eigenvalue weighted by atomic mass is 10.0. The Labute approximate surface area is 108 Å². The van der Waals surface area contributed by atoms with E-state index in [1.165, 1.54) is 5.56 Å². The van der Waals surface area contributed by atoms with Gasteiger partial charge in [0.1, 0.15) is 0 Å². The summed E-state index contributed by atoms with van der Waals surface area (Å²) in [6, 6.07) is 8.00. The van der Waals surface area contributed by atoms with Gasteiger partial charge in [-0.1, -0.05) is 12.1 Å². The standard InChI is InChI=1S/C15H20N2O/c16-15(7-8-15)11-12-3-5-13(6-4-12)14(18)17-9-1-2-10-17/h3-6H,1-2,7-11,16H2. The number of benzene rings is 1. The van der Waals surface area contributed by atoms with E-state index in [1.54, 1.807) is 0 Å². The van der Waals surface area contributed by atoms with Gasteiger partial charge in [0.2, 0.25) is 0 Å². The summed E-state index contributed by atoms with van der Waals surface area (Å²) >= 11 is 0. The number of carbonyl (C=O) groups excluding carboxylic acids is 1. The molecule has 2 N–H and O–H groups in total. The molecule has 3 rings (SSSR count). The number of likely N-dealkylation sites (tertiary alicyclic amines) is 1. The molecular weight excluding hydrogens is 224 g/mol. The molecule has 1 amide bonds. The molecule has 2 aliphatic rings. The smallest absolute Gasteiger partial charge is 0.253 e. The molecule has 0 unspecified atom stereocenters. The summed E-state index contributed by atoms with van der Waals surface area (Å²) in [5.74, 6) is 0.174. The van der Waals surface area contributed by atoms with E-state index < -0.39 is 0 Å². The highest BCUT2D eigenvalue weighted by atomic mass is 16.2. The number of rotatable bonds is 3. The van der Waals surface area contributed by atoms with Gasteiger partial charge in [-0.3, -0.25) is 4.79 Å². The topological polar surface area (TPSA) is 46.3 Å². The van der Waals surface area contributed by atoms with E-state index in [0.29, 0.717) is 0 Å². The minimum atomic E-state index is 0.0421. The Kier molecular flexibility index (Phi) is 2.86. The molecule has 96 valence electrons. The highest BCUT2D eigenvalue weighted by Crippen LogP contribution is 2.35. The molecule has 0 aromatic heterocycles. The SMILES string of the molecule is NC1(Cc2ccc(C(=O)N3CCCC3)cc2)CC1. The first-order valence-electron chi connectivity index (χ1n) is 6.83. The van der Waals surface area contributed by atoms with E-state index in [-0.39, 0.29) is 11.4 Å². The molecule has 1 heterocycles. The molecule has 3 heteroatoms. The fraction of sp³-hybridized carbons (Fsp3) is 0.533. The van der Waals surface area contributed by atoms with Crippen LogP contribution in [0.4, 0.5) is 0 Å². The van der Waals surface area contributed by atoms with E-state index in [1.807, 2.05) is 17.0 Å². The molecule has 0 atom stereocenters. The number of hydrogen-bond acceptors (Lipinski definition) is 2. The lowest BCUT2D eigenvalue weighted by molar-refractivity contribution is 0.0793. The van der Waals surface area contributed by atoms with Gasteiger partial charge in [0.05, 0.1) is 0 Å². The third-order valence-corrected chi connectivity index (χ3v) is 4.04. The van der Waals surface area contributed by atoms with Gasteiger partial charge in [0.25, 0.3) is 5.91 Å². The average Bonchev–Trinajstić information content (AvgIpc) is 2.91. The Bertz CT molecular complexity index is 442. The predicted octanol–water partition coefficient (Wildman–Crippen LogP) is 1.96. The first-order valence-corrected chi connectivity index (χ1v) is 6.83. The average molecular weight is 244 g/mol. The largest absolute Gasteiger partial charge is 0.339 e. The summed E-state index contributed by atoms with van der Waals surface area (Å²) in [4.78, 5) is 14.1. The quantitative estimate of drug-likeness (QED) is 0.883. The van der Waals surface area contributed by atoms with Gasteiger partial charge >= 0.3 is 0 Å². The van der Waals surface area contributed by atoms with Crippen molar-refractivity contribution in [2.45, 2.75) is 37.6 Å². The maximum atomic E-state index is 12.2. The van der Waals surface area contributed by atoms with Crippen LogP contribution in [0, 0.1) is 0 Å². The molecule has 0 radical (unpaired) electrons. The Morgan fingerprint density at radius 1 is 1.17 bits per heavy atom. The molecule has 3 nitrogen and oxygen atoms in total. The zero-order chi connectivity index (χ0) is 12.6. The third-order valence-electron chi connectivity index (χ3n) is 4.04. The number of amides is 1. The van der Waals surface area contributed by atoms with Gasteiger partial charge in [0, 0.05) is 24.2 Å². The first kappa shape index (κ1) is 11.7. The summed E-state index contributed by atoms with van der Waals surface area (Å²) in [5.41, 5.74) is 8.19. The Morgan fingerprint density at radius 3 is 2.33 bits per heavy atom. The van der Waals surface area contributed by atoms with Gasteiger partial charge < -0.3 is 10.6 Å². The van der Waals surface area contributed by atoms with Gasteiger partial charge in [0.15, 0.2) is 0 Å². The third kappa shape index (κ3) is 2.41. The van der Waals surface area contributed by atoms with Crippen LogP contribution in [0.3, 0.4) is 0 Å². The van der Waals surface area contributed by atoms with Crippen LogP contribution in [0.1, 0.15) is 41.6 Å². The Hall–Kier alpha value is -1.35. The van der Waals surface area contributed by atoms with Crippen LogP contribution in [0.25, 0.3) is 0 Å². The molecule has 1 aliphatic heterocycles. The molecule has 1 saturated heterocycles. The predicted molar refractivity (Wildman–Crippen MR) is 71.4 cm³/mol. The molecule has 2 fully saturated rings. The van der Waals surface area contributed by atoms with Crippen LogP contribution < -0.4 is 5.73 Å². The normalized spacial score (nSPS) is 21.1. The van der Waals surface area contributed by atoms with Gasteiger partial charge in [-0.05, 0) is 49.8 Å². The van der Waals surface area contributed by atoms with E-state index in [0.717, 1.165) is 50.8 Å². The molecular formula is C15H20N2O. The van der Waals surface area contributed by atoms with Crippen molar-refractivity contribution >= 4 is 5.91 Å². The van der Waals surface area contributed by atoms with Gasteiger partial charge in [-0.15, -0.1) is 0 Å². The van der Waals surface area contributed by atoms with Crippen molar-refractivity contribution in [1.82, 2.24) is 4.90 Å². The minimum absolute atomic E-state index is 0.0421. The highest BCUT2D eigenvalue weighted by molar-refractivity contribution is 5.94. The number of nitrogens with zero attached hydrogens (tertiary/aromatic N) is 1. The van der Waals surface area contributed by atoms with E-state index in [9.17, 15) is 4.79 Å². The van der Waals surface area contributed by atoms with Crippen molar-refractivity contribution in [1.29, 1.82) is 0 Å². The van der Waals surface area contributed by atoms with Crippen LogP contribution >= 0.6 is 0 Å². The molecule has 1 saturated carbocycles. The molecule has 1 aromatic rings. The molecule has 0 bridgehead atoms. The van der Waals surface area contributed by atoms with Crippen molar-refractivity contribution in [2.24, 2.45) is 5.73 Å². The maximum absolute atomic E-state index is 12.2. The number of hydrogen-bond donors (Lipinski definition) is 1. The van der Waals surface area contributed by atoms with E-state index in [4.69, 9.17) is 5.73 Å². The van der Waals surface area contributed by atoms with E-state index in [2.05, 4.69) is 12.1 Å². The van der Waals surface area contributed by atoms with Crippen LogP contribution in [-0.2, 0) is 6.42 Å². The zero-order valence-corrected chi connectivity index (χ0v) is 10.7. The van der Waals surface area contributed by atoms with Crippen LogP contribution in [0.2, 0.25) is 0 Å². The highest BCUT2D eigenvalue weighted by Gasteiger charge is 2.37.